The van der Waals surface area contributed by atoms with Gasteiger partial charge >= 0.3 is 6.09 Å². The van der Waals surface area contributed by atoms with Crippen LogP contribution in [0.5, 0.6) is 0 Å². The van der Waals surface area contributed by atoms with Gasteiger partial charge in [0.25, 0.3) is 0 Å². The van der Waals surface area contributed by atoms with Crippen molar-refractivity contribution >= 4 is 34.4 Å². The number of ether oxygens (including phenoxy) is 1. The van der Waals surface area contributed by atoms with Gasteiger partial charge in [0.15, 0.2) is 0 Å². The van der Waals surface area contributed by atoms with E-state index < -0.39 is 17.6 Å². The van der Waals surface area contributed by atoms with Gasteiger partial charge in [0, 0.05) is 9.13 Å². The van der Waals surface area contributed by atoms with Gasteiger partial charge in [-0.3, -0.25) is 11.1 Å². The Morgan fingerprint density at radius 1 is 1.35 bits per heavy atom. The summed E-state index contributed by atoms with van der Waals surface area (Å²) >= 11 is 1.90. The second-order valence-electron chi connectivity index (χ2n) is 6.57. The van der Waals surface area contributed by atoms with Crippen LogP contribution >= 0.6 is 22.6 Å². The van der Waals surface area contributed by atoms with Crippen molar-refractivity contribution in [1.29, 1.82) is 0 Å². The first-order valence-electron chi connectivity index (χ1n) is 8.33. The van der Waals surface area contributed by atoms with Gasteiger partial charge in [0.2, 0.25) is 0 Å². The zero-order chi connectivity index (χ0) is 18.7. The standard InChI is InChI=1S/C19H20FIN2O3/c20-15-8-14(19(22,25)10-12-6-7-12)9-16(21)17(15)23-18(24)26-11-13-4-2-1-3-5-13/h1-5,8-9,12,25H,6-7,10-11,22H2,(H,23,24). The Morgan fingerprint density at radius 3 is 2.65 bits per heavy atom. The number of nitrogens with two attached hydrogens (primary N) is 1. The first kappa shape index (κ1) is 19.1. The molecule has 0 spiro atoms. The van der Waals surface area contributed by atoms with Crippen LogP contribution in [0.25, 0.3) is 0 Å². The number of amides is 1. The highest BCUT2D eigenvalue weighted by molar-refractivity contribution is 14.1. The van der Waals surface area contributed by atoms with Gasteiger partial charge in [-0.1, -0.05) is 43.2 Å². The van der Waals surface area contributed by atoms with Gasteiger partial charge in [0.1, 0.15) is 18.1 Å². The molecule has 0 saturated heterocycles. The van der Waals surface area contributed by atoms with Gasteiger partial charge in [-0.05, 0) is 52.6 Å². The Bertz CT molecular complexity index is 772. The van der Waals surface area contributed by atoms with E-state index in [0.29, 0.717) is 21.5 Å². The lowest BCUT2D eigenvalue weighted by molar-refractivity contribution is 0.0281. The van der Waals surface area contributed by atoms with Gasteiger partial charge in [-0.2, -0.15) is 0 Å². The number of aliphatic hydroxyl groups is 1. The molecule has 1 aliphatic rings. The molecule has 0 radical (unpaired) electrons. The van der Waals surface area contributed by atoms with Crippen LogP contribution in [0.2, 0.25) is 0 Å². The first-order valence-corrected chi connectivity index (χ1v) is 9.41. The van der Waals surface area contributed by atoms with E-state index in [1.807, 2.05) is 52.9 Å². The molecule has 3 rings (SSSR count). The SMILES string of the molecule is NC(O)(CC1CC1)c1cc(F)c(NC(=O)OCc2ccccc2)c(I)c1. The molecule has 1 aliphatic carbocycles. The van der Waals surface area contributed by atoms with Crippen LogP contribution in [0.1, 0.15) is 30.4 Å². The van der Waals surface area contributed by atoms with Gasteiger partial charge in [-0.15, -0.1) is 0 Å². The minimum absolute atomic E-state index is 0.00892. The maximum Gasteiger partial charge on any atom is 0.412 e. The molecular weight excluding hydrogens is 450 g/mol. The van der Waals surface area contributed by atoms with Gasteiger partial charge in [0.05, 0.1) is 5.69 Å². The van der Waals surface area contributed by atoms with E-state index in [9.17, 15) is 14.3 Å². The van der Waals surface area contributed by atoms with Gasteiger partial charge < -0.3 is 9.84 Å². The number of hydrogen-bond donors (Lipinski definition) is 3. The van der Waals surface area contributed by atoms with Crippen molar-refractivity contribution in [2.45, 2.75) is 31.6 Å². The molecule has 1 unspecified atom stereocenters. The predicted octanol–water partition coefficient (Wildman–Crippen LogP) is 4.08. The third kappa shape index (κ3) is 4.93. The van der Waals surface area contributed by atoms with Crippen LogP contribution in [0.15, 0.2) is 42.5 Å². The Labute approximate surface area is 164 Å². The Balaban J connectivity index is 1.67. The van der Waals surface area contributed by atoms with Crippen LogP contribution in [-0.2, 0) is 17.1 Å². The average molecular weight is 470 g/mol. The zero-order valence-electron chi connectivity index (χ0n) is 14.0. The van der Waals surface area contributed by atoms with E-state index in [4.69, 9.17) is 10.5 Å². The van der Waals surface area contributed by atoms with Crippen LogP contribution < -0.4 is 11.1 Å². The smallest absolute Gasteiger partial charge is 0.412 e. The van der Waals surface area contributed by atoms with Crippen molar-refractivity contribution in [3.05, 3.63) is 63.0 Å². The van der Waals surface area contributed by atoms with Crippen LogP contribution in [0, 0.1) is 15.3 Å². The van der Waals surface area contributed by atoms with Crippen molar-refractivity contribution in [3.63, 3.8) is 0 Å². The molecule has 5 nitrogen and oxygen atoms in total. The summed E-state index contributed by atoms with van der Waals surface area (Å²) < 4.78 is 20.0. The Kier molecular flexibility index (Phi) is 5.79. The van der Waals surface area contributed by atoms with E-state index >= 15 is 0 Å². The van der Waals surface area contributed by atoms with Crippen molar-refractivity contribution in [2.24, 2.45) is 11.7 Å². The summed E-state index contributed by atoms with van der Waals surface area (Å²) in [7, 11) is 0. The summed E-state index contributed by atoms with van der Waals surface area (Å²) in [6.45, 7) is 0.0902. The molecule has 1 atom stereocenters. The molecular formula is C19H20FIN2O3. The highest BCUT2D eigenvalue weighted by Gasteiger charge is 2.34. The molecule has 1 saturated carbocycles. The van der Waals surface area contributed by atoms with Crippen molar-refractivity contribution in [3.8, 4) is 0 Å². The number of nitrogens with one attached hydrogen (secondary N) is 1. The maximum absolute atomic E-state index is 14.5. The molecule has 4 N–H and O–H groups in total. The van der Waals surface area contributed by atoms with Crippen LogP contribution in [-0.4, -0.2) is 11.2 Å². The lowest BCUT2D eigenvalue weighted by Crippen LogP contribution is -2.37. The number of rotatable bonds is 6. The molecule has 2 aromatic carbocycles. The average Bonchev–Trinajstić information content (AvgIpc) is 3.40. The number of anilines is 1. The van der Waals surface area contributed by atoms with Crippen LogP contribution in [0.3, 0.4) is 0 Å². The number of benzene rings is 2. The number of carbonyl (C=O) groups is 1. The quantitative estimate of drug-likeness (QED) is 0.439. The fraction of sp³-hybridized carbons (Fsp3) is 0.316. The third-order valence-electron chi connectivity index (χ3n) is 4.28. The summed E-state index contributed by atoms with van der Waals surface area (Å²) in [5, 5.41) is 12.8. The molecule has 2 aromatic rings. The second-order valence-corrected chi connectivity index (χ2v) is 7.74. The van der Waals surface area contributed by atoms with E-state index in [-0.39, 0.29) is 12.3 Å². The topological polar surface area (TPSA) is 84.6 Å². The van der Waals surface area contributed by atoms with E-state index in [2.05, 4.69) is 5.32 Å². The van der Waals surface area contributed by atoms with Crippen molar-refractivity contribution in [2.75, 3.05) is 5.32 Å². The maximum atomic E-state index is 14.5. The van der Waals surface area contributed by atoms with Gasteiger partial charge in [-0.25, -0.2) is 9.18 Å². The van der Waals surface area contributed by atoms with Crippen molar-refractivity contribution < 1.29 is 19.0 Å². The second kappa shape index (κ2) is 7.89. The predicted molar refractivity (Wildman–Crippen MR) is 105 cm³/mol. The molecule has 1 fully saturated rings. The number of hydrogen-bond acceptors (Lipinski definition) is 4. The molecule has 138 valence electrons. The molecule has 1 amide bonds. The molecule has 0 aliphatic heterocycles. The highest BCUT2D eigenvalue weighted by Crippen LogP contribution is 2.39. The highest BCUT2D eigenvalue weighted by atomic mass is 127. The minimum Gasteiger partial charge on any atom is -0.444 e. The van der Waals surface area contributed by atoms with E-state index in [1.54, 1.807) is 6.07 Å². The largest absolute Gasteiger partial charge is 0.444 e. The number of halogens is 2. The normalized spacial score (nSPS) is 16.0. The minimum atomic E-state index is -1.58. The lowest BCUT2D eigenvalue weighted by Gasteiger charge is -2.24. The van der Waals surface area contributed by atoms with Crippen LogP contribution in [0.4, 0.5) is 14.9 Å². The summed E-state index contributed by atoms with van der Waals surface area (Å²) in [6, 6.07) is 11.9. The van der Waals surface area contributed by atoms with E-state index in [1.165, 1.54) is 0 Å². The summed E-state index contributed by atoms with van der Waals surface area (Å²) in [4.78, 5) is 11.9. The molecule has 0 aromatic heterocycles. The summed E-state index contributed by atoms with van der Waals surface area (Å²) in [5.74, 6) is -0.278. The number of carbonyl (C=O) groups excluding carboxylic acids is 1. The first-order chi connectivity index (χ1) is 12.3. The Hall–Kier alpha value is -1.71. The molecule has 0 heterocycles. The lowest BCUT2D eigenvalue weighted by atomic mass is 9.97. The third-order valence-corrected chi connectivity index (χ3v) is 5.13. The zero-order valence-corrected chi connectivity index (χ0v) is 16.2. The van der Waals surface area contributed by atoms with Crippen molar-refractivity contribution in [1.82, 2.24) is 0 Å². The fourth-order valence-corrected chi connectivity index (χ4v) is 3.41. The fourth-order valence-electron chi connectivity index (χ4n) is 2.68. The Morgan fingerprint density at radius 2 is 2.04 bits per heavy atom. The van der Waals surface area contributed by atoms with E-state index in [0.717, 1.165) is 24.5 Å². The molecule has 0 bridgehead atoms. The monoisotopic (exact) mass is 470 g/mol. The molecule has 26 heavy (non-hydrogen) atoms. The summed E-state index contributed by atoms with van der Waals surface area (Å²) in [5.41, 5.74) is 5.52. The molecule has 7 heteroatoms. The summed E-state index contributed by atoms with van der Waals surface area (Å²) in [6.07, 6.45) is 1.71.